The number of H-pyrrole nitrogens is 1. The van der Waals surface area contributed by atoms with Crippen LogP contribution in [0.25, 0.3) is 0 Å². The number of hydrogen-bond donors (Lipinski definition) is 2. The van der Waals surface area contributed by atoms with Gasteiger partial charge in [-0.1, -0.05) is 0 Å². The summed E-state index contributed by atoms with van der Waals surface area (Å²) < 4.78 is 0. The van der Waals surface area contributed by atoms with Crippen molar-refractivity contribution in [2.45, 2.75) is 19.4 Å². The number of rotatable bonds is 0. The fourth-order valence-electron chi connectivity index (χ4n) is 2.47. The number of nitrogens with zero attached hydrogens (tertiary/aromatic N) is 1. The van der Waals surface area contributed by atoms with Crippen LogP contribution in [-0.4, -0.2) is 23.8 Å². The molecule has 3 heterocycles. The molecule has 2 N–H and O–H groups in total. The summed E-state index contributed by atoms with van der Waals surface area (Å²) in [5.41, 5.74) is 4.05. The smallest absolute Gasteiger partial charge is 0.0482 e. The first-order valence-electron chi connectivity index (χ1n) is 5.36. The highest BCUT2D eigenvalue weighted by Crippen LogP contribution is 2.24. The van der Waals surface area contributed by atoms with Crippen LogP contribution in [0.1, 0.15) is 24.0 Å². The Bertz CT molecular complexity index is 364. The maximum absolute atomic E-state index is 4.68. The third kappa shape index (κ3) is 1.20. The highest BCUT2D eigenvalue weighted by atomic mass is 14.9. The van der Waals surface area contributed by atoms with Crippen LogP contribution in [0, 0.1) is 5.92 Å². The van der Waals surface area contributed by atoms with Crippen molar-refractivity contribution in [1.29, 1.82) is 0 Å². The van der Waals surface area contributed by atoms with Gasteiger partial charge in [0.1, 0.15) is 0 Å². The van der Waals surface area contributed by atoms with E-state index in [4.69, 9.17) is 0 Å². The molecule has 2 aliphatic rings. The van der Waals surface area contributed by atoms with Crippen molar-refractivity contribution in [2.24, 2.45) is 10.9 Å². The van der Waals surface area contributed by atoms with E-state index in [-0.39, 0.29) is 0 Å². The topological polar surface area (TPSA) is 40.2 Å². The maximum Gasteiger partial charge on any atom is 0.0482 e. The standard InChI is InChI=1S/C11H15N3/c1-2-8-4-12-5-9-6-13-7-10(9)11(8)14-3-1/h6-8,12-13H,1-5H2. The summed E-state index contributed by atoms with van der Waals surface area (Å²) >= 11 is 0. The fraction of sp³-hybridized carbons (Fsp3) is 0.545. The van der Waals surface area contributed by atoms with E-state index in [1.165, 1.54) is 29.7 Å². The molecule has 3 rings (SSSR count). The Balaban J connectivity index is 2.08. The molecular weight excluding hydrogens is 174 g/mol. The summed E-state index contributed by atoms with van der Waals surface area (Å²) in [4.78, 5) is 7.86. The average molecular weight is 189 g/mol. The Kier molecular flexibility index (Phi) is 1.91. The molecule has 0 aliphatic carbocycles. The van der Waals surface area contributed by atoms with Gasteiger partial charge in [-0.2, -0.15) is 0 Å². The zero-order valence-electron chi connectivity index (χ0n) is 8.21. The number of aromatic nitrogens is 1. The molecule has 0 fully saturated rings. The van der Waals surface area contributed by atoms with Crippen LogP contribution in [-0.2, 0) is 6.54 Å². The van der Waals surface area contributed by atoms with Gasteiger partial charge in [0.15, 0.2) is 0 Å². The Morgan fingerprint density at radius 1 is 1.36 bits per heavy atom. The van der Waals surface area contributed by atoms with Crippen molar-refractivity contribution in [1.82, 2.24) is 10.3 Å². The SMILES string of the molecule is c1[nH]cc2c1CNCC1CCCN=C21. The molecule has 0 radical (unpaired) electrons. The van der Waals surface area contributed by atoms with Crippen LogP contribution in [0.4, 0.5) is 0 Å². The monoisotopic (exact) mass is 189 g/mol. The van der Waals surface area contributed by atoms with E-state index in [2.05, 4.69) is 27.7 Å². The lowest BCUT2D eigenvalue weighted by atomic mass is 9.91. The highest BCUT2D eigenvalue weighted by Gasteiger charge is 2.25. The Morgan fingerprint density at radius 2 is 2.36 bits per heavy atom. The van der Waals surface area contributed by atoms with Crippen LogP contribution in [0.3, 0.4) is 0 Å². The van der Waals surface area contributed by atoms with Crippen molar-refractivity contribution >= 4 is 5.71 Å². The van der Waals surface area contributed by atoms with Gasteiger partial charge in [-0.3, -0.25) is 4.99 Å². The van der Waals surface area contributed by atoms with Crippen LogP contribution in [0.2, 0.25) is 0 Å². The van der Waals surface area contributed by atoms with E-state index in [1.54, 1.807) is 0 Å². The predicted octanol–water partition coefficient (Wildman–Crippen LogP) is 1.32. The molecule has 2 aliphatic heterocycles. The minimum absolute atomic E-state index is 0.640. The summed E-state index contributed by atoms with van der Waals surface area (Å²) in [6.07, 6.45) is 6.72. The van der Waals surface area contributed by atoms with Crippen LogP contribution >= 0.6 is 0 Å². The summed E-state index contributed by atoms with van der Waals surface area (Å²) in [6.45, 7) is 3.08. The van der Waals surface area contributed by atoms with E-state index in [1.807, 2.05) is 0 Å². The summed E-state index contributed by atoms with van der Waals surface area (Å²) in [7, 11) is 0. The van der Waals surface area contributed by atoms with Gasteiger partial charge in [-0.15, -0.1) is 0 Å². The number of aliphatic imine (C=N–C) groups is 1. The fourth-order valence-corrected chi connectivity index (χ4v) is 2.47. The van der Waals surface area contributed by atoms with Crippen molar-refractivity contribution in [3.8, 4) is 0 Å². The number of fused-ring (bicyclic) bond motifs is 3. The van der Waals surface area contributed by atoms with Gasteiger partial charge in [0.25, 0.3) is 0 Å². The van der Waals surface area contributed by atoms with E-state index < -0.39 is 0 Å². The van der Waals surface area contributed by atoms with Gasteiger partial charge in [0.05, 0.1) is 0 Å². The van der Waals surface area contributed by atoms with Gasteiger partial charge in [-0.05, 0) is 18.4 Å². The lowest BCUT2D eigenvalue weighted by Gasteiger charge is -2.20. The summed E-state index contributed by atoms with van der Waals surface area (Å²) in [5, 5.41) is 3.49. The normalized spacial score (nSPS) is 26.0. The number of nitrogens with one attached hydrogen (secondary N) is 2. The van der Waals surface area contributed by atoms with Gasteiger partial charge in [-0.25, -0.2) is 0 Å². The maximum atomic E-state index is 4.68. The minimum Gasteiger partial charge on any atom is -0.367 e. The quantitative estimate of drug-likeness (QED) is 0.635. The lowest BCUT2D eigenvalue weighted by Crippen LogP contribution is -2.27. The van der Waals surface area contributed by atoms with E-state index in [9.17, 15) is 0 Å². The first kappa shape index (κ1) is 8.24. The largest absolute Gasteiger partial charge is 0.367 e. The summed E-state index contributed by atoms with van der Waals surface area (Å²) in [5.74, 6) is 0.640. The number of hydrogen-bond acceptors (Lipinski definition) is 2. The molecule has 1 aromatic rings. The molecule has 3 heteroatoms. The van der Waals surface area contributed by atoms with Crippen molar-refractivity contribution in [3.05, 3.63) is 23.5 Å². The molecule has 3 nitrogen and oxygen atoms in total. The van der Waals surface area contributed by atoms with Gasteiger partial charge in [0.2, 0.25) is 0 Å². The van der Waals surface area contributed by atoms with Crippen LogP contribution in [0.5, 0.6) is 0 Å². The molecule has 1 aromatic heterocycles. The zero-order valence-corrected chi connectivity index (χ0v) is 8.21. The molecule has 0 bridgehead atoms. The average Bonchev–Trinajstić information content (AvgIpc) is 2.61. The third-order valence-corrected chi connectivity index (χ3v) is 3.19. The van der Waals surface area contributed by atoms with Crippen LogP contribution < -0.4 is 5.32 Å². The van der Waals surface area contributed by atoms with Crippen molar-refractivity contribution in [2.75, 3.05) is 13.1 Å². The second kappa shape index (κ2) is 3.24. The second-order valence-corrected chi connectivity index (χ2v) is 4.13. The molecule has 74 valence electrons. The molecule has 0 spiro atoms. The Hall–Kier alpha value is -1.09. The Morgan fingerprint density at radius 3 is 3.36 bits per heavy atom. The first-order valence-corrected chi connectivity index (χ1v) is 5.36. The van der Waals surface area contributed by atoms with Crippen LogP contribution in [0.15, 0.2) is 17.4 Å². The van der Waals surface area contributed by atoms with E-state index >= 15 is 0 Å². The predicted molar refractivity (Wildman–Crippen MR) is 56.6 cm³/mol. The molecule has 0 aromatic carbocycles. The zero-order chi connectivity index (χ0) is 9.38. The lowest BCUT2D eigenvalue weighted by molar-refractivity contribution is 0.525. The molecular formula is C11H15N3. The molecule has 0 saturated heterocycles. The van der Waals surface area contributed by atoms with Gasteiger partial charge < -0.3 is 10.3 Å². The molecule has 1 unspecified atom stereocenters. The minimum atomic E-state index is 0.640. The molecule has 0 saturated carbocycles. The Labute approximate surface area is 83.6 Å². The molecule has 1 atom stereocenters. The number of aromatic amines is 1. The summed E-state index contributed by atoms with van der Waals surface area (Å²) in [6, 6.07) is 0. The first-order chi connectivity index (χ1) is 6.95. The second-order valence-electron chi connectivity index (χ2n) is 4.13. The van der Waals surface area contributed by atoms with E-state index in [0.29, 0.717) is 5.92 Å². The highest BCUT2D eigenvalue weighted by molar-refractivity contribution is 6.04. The van der Waals surface area contributed by atoms with E-state index in [0.717, 1.165) is 19.6 Å². The molecule has 0 amide bonds. The van der Waals surface area contributed by atoms with Gasteiger partial charge in [0, 0.05) is 49.2 Å². The third-order valence-electron chi connectivity index (χ3n) is 3.19. The van der Waals surface area contributed by atoms with Crippen molar-refractivity contribution in [3.63, 3.8) is 0 Å². The van der Waals surface area contributed by atoms with Crippen molar-refractivity contribution < 1.29 is 0 Å². The molecule has 14 heavy (non-hydrogen) atoms. The van der Waals surface area contributed by atoms with Gasteiger partial charge >= 0.3 is 0 Å².